The van der Waals surface area contributed by atoms with Crippen molar-refractivity contribution < 1.29 is 0 Å². The lowest BCUT2D eigenvalue weighted by atomic mass is 9.90. The number of hydrogen-bond donors (Lipinski definition) is 1. The molecular weight excluding hydrogens is 306 g/mol. The lowest BCUT2D eigenvalue weighted by Crippen LogP contribution is -2.08. The number of halogens is 1. The predicted octanol–water partition coefficient (Wildman–Crippen LogP) is 5.15. The Hall–Kier alpha value is -2.05. The van der Waals surface area contributed by atoms with E-state index in [0.29, 0.717) is 16.4 Å². The standard InChI is InChI=1S/C19H22ClN3/c1-3-5-7-17-15(6-4-2)18(16(12-21)19(22)23-17)13-8-10-14(20)11-9-13/h8-11H,3-7H2,1-2H3,(H2,22,23). The van der Waals surface area contributed by atoms with Crippen LogP contribution in [0.3, 0.4) is 0 Å². The van der Waals surface area contributed by atoms with Gasteiger partial charge < -0.3 is 5.73 Å². The summed E-state index contributed by atoms with van der Waals surface area (Å²) in [6.07, 6.45) is 4.94. The van der Waals surface area contributed by atoms with Crippen LogP contribution in [0.5, 0.6) is 0 Å². The fraction of sp³-hybridized carbons (Fsp3) is 0.368. The summed E-state index contributed by atoms with van der Waals surface area (Å²) >= 11 is 6.00. The van der Waals surface area contributed by atoms with Gasteiger partial charge in [-0.1, -0.05) is 50.4 Å². The minimum atomic E-state index is 0.323. The molecule has 3 nitrogen and oxygen atoms in total. The smallest absolute Gasteiger partial charge is 0.142 e. The number of nitrogens with two attached hydrogens (primary N) is 1. The molecular formula is C19H22ClN3. The maximum atomic E-state index is 9.58. The highest BCUT2D eigenvalue weighted by atomic mass is 35.5. The van der Waals surface area contributed by atoms with Crippen molar-refractivity contribution in [1.29, 1.82) is 5.26 Å². The Labute approximate surface area is 143 Å². The Kier molecular flexibility index (Phi) is 6.01. The predicted molar refractivity (Wildman–Crippen MR) is 96.4 cm³/mol. The molecule has 2 aromatic rings. The first kappa shape index (κ1) is 17.3. The monoisotopic (exact) mass is 327 g/mol. The molecule has 23 heavy (non-hydrogen) atoms. The quantitative estimate of drug-likeness (QED) is 0.797. The molecule has 120 valence electrons. The summed E-state index contributed by atoms with van der Waals surface area (Å²) in [7, 11) is 0. The van der Waals surface area contributed by atoms with Crippen LogP contribution in [0.2, 0.25) is 5.02 Å². The summed E-state index contributed by atoms with van der Waals surface area (Å²) in [6.45, 7) is 4.30. The third-order valence-electron chi connectivity index (χ3n) is 3.92. The van der Waals surface area contributed by atoms with E-state index in [0.717, 1.165) is 54.5 Å². The molecule has 0 radical (unpaired) electrons. The number of anilines is 1. The van der Waals surface area contributed by atoms with Crippen LogP contribution in [0, 0.1) is 11.3 Å². The molecule has 0 bridgehead atoms. The normalized spacial score (nSPS) is 10.5. The third kappa shape index (κ3) is 3.83. The van der Waals surface area contributed by atoms with Crippen LogP contribution in [0.4, 0.5) is 5.82 Å². The van der Waals surface area contributed by atoms with Gasteiger partial charge in [-0.25, -0.2) is 4.98 Å². The second kappa shape index (κ2) is 7.99. The fourth-order valence-corrected chi connectivity index (χ4v) is 2.94. The summed E-state index contributed by atoms with van der Waals surface area (Å²) in [6, 6.07) is 9.82. The van der Waals surface area contributed by atoms with E-state index in [1.165, 1.54) is 0 Å². The molecule has 0 saturated heterocycles. The number of unbranched alkanes of at least 4 members (excludes halogenated alkanes) is 1. The number of rotatable bonds is 6. The summed E-state index contributed by atoms with van der Waals surface area (Å²) < 4.78 is 0. The van der Waals surface area contributed by atoms with Crippen molar-refractivity contribution in [2.75, 3.05) is 5.73 Å². The molecule has 0 spiro atoms. The topological polar surface area (TPSA) is 62.7 Å². The largest absolute Gasteiger partial charge is 0.383 e. The lowest BCUT2D eigenvalue weighted by molar-refractivity contribution is 0.760. The molecule has 4 heteroatoms. The van der Waals surface area contributed by atoms with Gasteiger partial charge in [-0.15, -0.1) is 0 Å². The first-order chi connectivity index (χ1) is 11.1. The van der Waals surface area contributed by atoms with E-state index in [1.807, 2.05) is 24.3 Å². The Morgan fingerprint density at radius 3 is 2.39 bits per heavy atom. The van der Waals surface area contributed by atoms with Gasteiger partial charge in [0.25, 0.3) is 0 Å². The summed E-state index contributed by atoms with van der Waals surface area (Å²) in [4.78, 5) is 4.53. The molecule has 0 fully saturated rings. The molecule has 2 N–H and O–H groups in total. The Morgan fingerprint density at radius 1 is 1.13 bits per heavy atom. The highest BCUT2D eigenvalue weighted by molar-refractivity contribution is 6.30. The van der Waals surface area contributed by atoms with Crippen LogP contribution in [-0.4, -0.2) is 4.98 Å². The van der Waals surface area contributed by atoms with Crippen molar-refractivity contribution in [3.05, 3.63) is 46.1 Å². The van der Waals surface area contributed by atoms with Crippen LogP contribution >= 0.6 is 11.6 Å². The number of aryl methyl sites for hydroxylation is 1. The lowest BCUT2D eigenvalue weighted by Gasteiger charge is -2.17. The van der Waals surface area contributed by atoms with E-state index in [2.05, 4.69) is 24.9 Å². The van der Waals surface area contributed by atoms with Gasteiger partial charge in [0.2, 0.25) is 0 Å². The van der Waals surface area contributed by atoms with Crippen molar-refractivity contribution in [2.45, 2.75) is 46.0 Å². The first-order valence-electron chi connectivity index (χ1n) is 8.09. The molecule has 1 heterocycles. The van der Waals surface area contributed by atoms with Gasteiger partial charge in [-0.3, -0.25) is 0 Å². The van der Waals surface area contributed by atoms with Gasteiger partial charge >= 0.3 is 0 Å². The number of nitrogen functional groups attached to an aromatic ring is 1. The highest BCUT2D eigenvalue weighted by Gasteiger charge is 2.19. The molecule has 0 aliphatic heterocycles. The number of hydrogen-bond acceptors (Lipinski definition) is 3. The molecule has 0 amide bonds. The Balaban J connectivity index is 2.71. The molecule has 2 rings (SSSR count). The maximum Gasteiger partial charge on any atom is 0.142 e. The zero-order valence-corrected chi connectivity index (χ0v) is 14.5. The number of nitrogens with zero attached hydrogens (tertiary/aromatic N) is 2. The van der Waals surface area contributed by atoms with Crippen LogP contribution < -0.4 is 5.73 Å². The van der Waals surface area contributed by atoms with Gasteiger partial charge in [0.05, 0.1) is 0 Å². The summed E-state index contributed by atoms with van der Waals surface area (Å²) in [5.74, 6) is 0.323. The van der Waals surface area contributed by atoms with Gasteiger partial charge in [0, 0.05) is 16.3 Å². The van der Waals surface area contributed by atoms with Crippen molar-refractivity contribution >= 4 is 17.4 Å². The molecule has 0 unspecified atom stereocenters. The van der Waals surface area contributed by atoms with Crippen molar-refractivity contribution in [3.63, 3.8) is 0 Å². The van der Waals surface area contributed by atoms with Crippen LogP contribution in [-0.2, 0) is 12.8 Å². The average molecular weight is 328 g/mol. The Bertz CT molecular complexity index is 715. The molecule has 1 aromatic carbocycles. The van der Waals surface area contributed by atoms with E-state index in [-0.39, 0.29) is 0 Å². The average Bonchev–Trinajstić information content (AvgIpc) is 2.55. The van der Waals surface area contributed by atoms with Gasteiger partial charge in [-0.2, -0.15) is 5.26 Å². The number of pyridine rings is 1. The molecule has 0 atom stereocenters. The van der Waals surface area contributed by atoms with E-state index in [4.69, 9.17) is 17.3 Å². The zero-order chi connectivity index (χ0) is 16.8. The van der Waals surface area contributed by atoms with Gasteiger partial charge in [0.15, 0.2) is 0 Å². The van der Waals surface area contributed by atoms with Crippen LogP contribution in [0.25, 0.3) is 11.1 Å². The molecule has 1 aromatic heterocycles. The van der Waals surface area contributed by atoms with Crippen molar-refractivity contribution in [3.8, 4) is 17.2 Å². The number of benzene rings is 1. The first-order valence-corrected chi connectivity index (χ1v) is 8.47. The van der Waals surface area contributed by atoms with Gasteiger partial charge in [0.1, 0.15) is 17.5 Å². The van der Waals surface area contributed by atoms with Crippen molar-refractivity contribution in [1.82, 2.24) is 4.98 Å². The minimum absolute atomic E-state index is 0.323. The Morgan fingerprint density at radius 2 is 1.83 bits per heavy atom. The third-order valence-corrected chi connectivity index (χ3v) is 4.18. The zero-order valence-electron chi connectivity index (χ0n) is 13.7. The van der Waals surface area contributed by atoms with Crippen LogP contribution in [0.1, 0.15) is 49.9 Å². The SMILES string of the molecule is CCCCc1nc(N)c(C#N)c(-c2ccc(Cl)cc2)c1CCC. The molecule has 0 aliphatic rings. The maximum absolute atomic E-state index is 9.58. The minimum Gasteiger partial charge on any atom is -0.383 e. The van der Waals surface area contributed by atoms with Crippen molar-refractivity contribution in [2.24, 2.45) is 0 Å². The highest BCUT2D eigenvalue weighted by Crippen LogP contribution is 2.34. The summed E-state index contributed by atoms with van der Waals surface area (Å²) in [5, 5.41) is 10.3. The fourth-order valence-electron chi connectivity index (χ4n) is 2.81. The van der Waals surface area contributed by atoms with E-state index >= 15 is 0 Å². The van der Waals surface area contributed by atoms with E-state index in [1.54, 1.807) is 0 Å². The number of aromatic nitrogens is 1. The van der Waals surface area contributed by atoms with Gasteiger partial charge in [-0.05, 0) is 42.5 Å². The second-order valence-electron chi connectivity index (χ2n) is 5.64. The second-order valence-corrected chi connectivity index (χ2v) is 6.08. The van der Waals surface area contributed by atoms with Crippen LogP contribution in [0.15, 0.2) is 24.3 Å². The van der Waals surface area contributed by atoms with E-state index < -0.39 is 0 Å². The number of nitriles is 1. The van der Waals surface area contributed by atoms with E-state index in [9.17, 15) is 5.26 Å². The summed E-state index contributed by atoms with van der Waals surface area (Å²) in [5.41, 5.74) is 10.6. The molecule has 0 aliphatic carbocycles. The molecule has 0 saturated carbocycles.